The summed E-state index contributed by atoms with van der Waals surface area (Å²) in [6, 6.07) is 46.1. The fraction of sp³-hybridized carbons (Fsp3) is 0. The summed E-state index contributed by atoms with van der Waals surface area (Å²) in [5.41, 5.74) is 9.00. The van der Waals surface area contributed by atoms with Crippen molar-refractivity contribution in [3.63, 3.8) is 0 Å². The van der Waals surface area contributed by atoms with Gasteiger partial charge in [0.25, 0.3) is 0 Å². The molecule has 5 aromatic rings. The molecule has 0 amide bonds. The van der Waals surface area contributed by atoms with Gasteiger partial charge in [0.15, 0.2) is 0 Å². The van der Waals surface area contributed by atoms with Gasteiger partial charge >= 0.3 is 0 Å². The molecule has 0 aliphatic carbocycles. The maximum absolute atomic E-state index is 3.60. The summed E-state index contributed by atoms with van der Waals surface area (Å²) < 4.78 is 0. The van der Waals surface area contributed by atoms with Gasteiger partial charge < -0.3 is 10.6 Å². The molecule has 0 bridgehead atoms. The molecule has 0 atom stereocenters. The number of benzene rings is 5. The predicted molar refractivity (Wildman–Crippen MR) is 137 cm³/mol. The molecule has 0 unspecified atom stereocenters. The quantitative estimate of drug-likeness (QED) is 0.292. The van der Waals surface area contributed by atoms with E-state index in [9.17, 15) is 0 Å². The van der Waals surface area contributed by atoms with E-state index in [4.69, 9.17) is 0 Å². The SMILES string of the molecule is c1ccc(-c2ccccc2Nc2cccc(Nc3ccccc3-c3ccccc3)c2)cc1. The Morgan fingerprint density at radius 3 is 1.22 bits per heavy atom. The zero-order valence-electron chi connectivity index (χ0n) is 17.7. The predicted octanol–water partition coefficient (Wildman–Crippen LogP) is 8.51. The Kier molecular flexibility index (Phi) is 5.67. The Bertz CT molecular complexity index is 1210. The number of rotatable bonds is 6. The van der Waals surface area contributed by atoms with Gasteiger partial charge in [0.05, 0.1) is 0 Å². The smallest absolute Gasteiger partial charge is 0.0463 e. The van der Waals surface area contributed by atoms with Crippen molar-refractivity contribution in [3.05, 3.63) is 133 Å². The first-order chi connectivity index (χ1) is 15.9. The van der Waals surface area contributed by atoms with Gasteiger partial charge in [-0.1, -0.05) is 103 Å². The number of para-hydroxylation sites is 2. The van der Waals surface area contributed by atoms with Crippen LogP contribution in [0.2, 0.25) is 0 Å². The molecule has 0 aliphatic heterocycles. The Balaban J connectivity index is 1.42. The van der Waals surface area contributed by atoms with Crippen LogP contribution >= 0.6 is 0 Å². The Morgan fingerprint density at radius 1 is 0.344 bits per heavy atom. The van der Waals surface area contributed by atoms with Crippen molar-refractivity contribution < 1.29 is 0 Å². The maximum Gasteiger partial charge on any atom is 0.0463 e. The summed E-state index contributed by atoms with van der Waals surface area (Å²) in [5, 5.41) is 7.21. The molecule has 0 aliphatic rings. The van der Waals surface area contributed by atoms with E-state index in [2.05, 4.69) is 132 Å². The molecule has 5 rings (SSSR count). The lowest BCUT2D eigenvalue weighted by Crippen LogP contribution is -1.96. The van der Waals surface area contributed by atoms with Gasteiger partial charge in [-0.15, -0.1) is 0 Å². The summed E-state index contributed by atoms with van der Waals surface area (Å²) in [4.78, 5) is 0. The fourth-order valence-corrected chi connectivity index (χ4v) is 3.91. The average Bonchev–Trinajstić information content (AvgIpc) is 2.86. The molecule has 0 spiro atoms. The van der Waals surface area contributed by atoms with Gasteiger partial charge in [0.2, 0.25) is 0 Å². The molecule has 154 valence electrons. The van der Waals surface area contributed by atoms with E-state index >= 15 is 0 Å². The lowest BCUT2D eigenvalue weighted by atomic mass is 10.0. The maximum atomic E-state index is 3.60. The van der Waals surface area contributed by atoms with E-state index in [0.29, 0.717) is 0 Å². The van der Waals surface area contributed by atoms with Gasteiger partial charge in [-0.2, -0.15) is 0 Å². The highest BCUT2D eigenvalue weighted by atomic mass is 14.9. The summed E-state index contributed by atoms with van der Waals surface area (Å²) in [7, 11) is 0. The second-order valence-corrected chi connectivity index (χ2v) is 7.65. The van der Waals surface area contributed by atoms with Crippen LogP contribution in [0, 0.1) is 0 Å². The highest BCUT2D eigenvalue weighted by Gasteiger charge is 2.07. The van der Waals surface area contributed by atoms with Gasteiger partial charge in [0.1, 0.15) is 0 Å². The van der Waals surface area contributed by atoms with E-state index in [1.807, 2.05) is 12.1 Å². The van der Waals surface area contributed by atoms with Crippen LogP contribution in [-0.4, -0.2) is 0 Å². The molecule has 0 saturated heterocycles. The van der Waals surface area contributed by atoms with Crippen molar-refractivity contribution in [2.75, 3.05) is 10.6 Å². The zero-order chi connectivity index (χ0) is 21.6. The van der Waals surface area contributed by atoms with Crippen LogP contribution in [0.4, 0.5) is 22.7 Å². The molecular weight excluding hydrogens is 388 g/mol. The summed E-state index contributed by atoms with van der Waals surface area (Å²) in [5.74, 6) is 0. The van der Waals surface area contributed by atoms with Crippen LogP contribution in [0.3, 0.4) is 0 Å². The van der Waals surface area contributed by atoms with Crippen molar-refractivity contribution in [2.45, 2.75) is 0 Å². The van der Waals surface area contributed by atoms with Gasteiger partial charge in [-0.25, -0.2) is 0 Å². The summed E-state index contributed by atoms with van der Waals surface area (Å²) >= 11 is 0. The van der Waals surface area contributed by atoms with Gasteiger partial charge in [0, 0.05) is 33.9 Å². The van der Waals surface area contributed by atoms with Crippen molar-refractivity contribution in [1.29, 1.82) is 0 Å². The molecule has 0 aromatic heterocycles. The summed E-state index contributed by atoms with van der Waals surface area (Å²) in [6.07, 6.45) is 0. The first-order valence-corrected chi connectivity index (χ1v) is 10.8. The monoisotopic (exact) mass is 412 g/mol. The first-order valence-electron chi connectivity index (χ1n) is 10.8. The van der Waals surface area contributed by atoms with Crippen LogP contribution in [0.1, 0.15) is 0 Å². The molecule has 0 heterocycles. The van der Waals surface area contributed by atoms with Crippen LogP contribution in [-0.2, 0) is 0 Å². The van der Waals surface area contributed by atoms with E-state index in [0.717, 1.165) is 22.7 Å². The average molecular weight is 413 g/mol. The van der Waals surface area contributed by atoms with E-state index in [-0.39, 0.29) is 0 Å². The number of hydrogen-bond donors (Lipinski definition) is 2. The molecule has 0 radical (unpaired) electrons. The third-order valence-corrected chi connectivity index (χ3v) is 5.44. The lowest BCUT2D eigenvalue weighted by Gasteiger charge is -2.15. The van der Waals surface area contributed by atoms with Crippen molar-refractivity contribution >= 4 is 22.7 Å². The molecule has 5 aromatic carbocycles. The molecule has 2 nitrogen and oxygen atoms in total. The largest absolute Gasteiger partial charge is 0.355 e. The fourth-order valence-electron chi connectivity index (χ4n) is 3.91. The second-order valence-electron chi connectivity index (χ2n) is 7.65. The minimum atomic E-state index is 1.04. The van der Waals surface area contributed by atoms with Crippen LogP contribution in [0.25, 0.3) is 22.3 Å². The van der Waals surface area contributed by atoms with Crippen molar-refractivity contribution in [1.82, 2.24) is 0 Å². The number of anilines is 4. The minimum absolute atomic E-state index is 1.04. The molecule has 32 heavy (non-hydrogen) atoms. The third-order valence-electron chi connectivity index (χ3n) is 5.44. The van der Waals surface area contributed by atoms with Gasteiger partial charge in [-0.05, 0) is 41.5 Å². The highest BCUT2D eigenvalue weighted by Crippen LogP contribution is 2.33. The Morgan fingerprint density at radius 2 is 0.750 bits per heavy atom. The summed E-state index contributed by atoms with van der Waals surface area (Å²) in [6.45, 7) is 0. The molecule has 0 fully saturated rings. The molecular formula is C30H24N2. The number of nitrogens with one attached hydrogen (secondary N) is 2. The third kappa shape index (κ3) is 4.40. The standard InChI is InChI=1S/C30H24N2/c1-3-12-23(13-4-1)27-18-7-9-20-29(27)31-25-16-11-17-26(22-25)32-30-21-10-8-19-28(30)24-14-5-2-6-15-24/h1-22,31-32H. The Hall–Kier alpha value is -4.30. The lowest BCUT2D eigenvalue weighted by molar-refractivity contribution is 1.50. The van der Waals surface area contributed by atoms with Crippen molar-refractivity contribution in [2.24, 2.45) is 0 Å². The number of hydrogen-bond acceptors (Lipinski definition) is 2. The highest BCUT2D eigenvalue weighted by molar-refractivity contribution is 5.84. The van der Waals surface area contributed by atoms with E-state index < -0.39 is 0 Å². The van der Waals surface area contributed by atoms with E-state index in [1.54, 1.807) is 0 Å². The molecule has 0 saturated carbocycles. The van der Waals surface area contributed by atoms with Gasteiger partial charge in [-0.3, -0.25) is 0 Å². The minimum Gasteiger partial charge on any atom is -0.355 e. The van der Waals surface area contributed by atoms with Crippen LogP contribution < -0.4 is 10.6 Å². The Labute approximate surface area is 189 Å². The topological polar surface area (TPSA) is 24.1 Å². The second kappa shape index (κ2) is 9.23. The zero-order valence-corrected chi connectivity index (χ0v) is 17.7. The van der Waals surface area contributed by atoms with Crippen LogP contribution in [0.5, 0.6) is 0 Å². The molecule has 2 heteroatoms. The first kappa shape index (κ1) is 19.7. The molecule has 2 N–H and O–H groups in total. The normalized spacial score (nSPS) is 10.5. The van der Waals surface area contributed by atoms with E-state index in [1.165, 1.54) is 22.3 Å². The van der Waals surface area contributed by atoms with Crippen LogP contribution in [0.15, 0.2) is 133 Å². The van der Waals surface area contributed by atoms with Crippen molar-refractivity contribution in [3.8, 4) is 22.3 Å².